The third-order valence-corrected chi connectivity index (χ3v) is 3.73. The van der Waals surface area contributed by atoms with Crippen LogP contribution in [0.3, 0.4) is 0 Å². The third-order valence-electron chi connectivity index (χ3n) is 3.73. The molecule has 3 rings (SSSR count). The molecule has 3 N–H and O–H groups in total. The molecule has 1 aliphatic heterocycles. The summed E-state index contributed by atoms with van der Waals surface area (Å²) in [5.74, 6) is -0.00197. The van der Waals surface area contributed by atoms with Gasteiger partial charge in [0.2, 0.25) is 0 Å². The molecule has 0 aromatic carbocycles. The first kappa shape index (κ1) is 12.9. The van der Waals surface area contributed by atoms with Crippen LogP contribution in [0, 0.1) is 0 Å². The number of carbonyl (C=O) groups is 1. The molecule has 20 heavy (non-hydrogen) atoms. The second kappa shape index (κ2) is 5.50. The summed E-state index contributed by atoms with van der Waals surface area (Å²) in [6.45, 7) is 2.01. The second-order valence-corrected chi connectivity index (χ2v) is 5.07. The van der Waals surface area contributed by atoms with Gasteiger partial charge in [0.05, 0.1) is 12.4 Å². The van der Waals surface area contributed by atoms with Crippen molar-refractivity contribution in [1.82, 2.24) is 19.4 Å². The van der Waals surface area contributed by atoms with Gasteiger partial charge in [0.1, 0.15) is 5.69 Å². The van der Waals surface area contributed by atoms with Gasteiger partial charge in [0, 0.05) is 37.7 Å². The van der Waals surface area contributed by atoms with Crippen LogP contribution in [0.5, 0.6) is 0 Å². The summed E-state index contributed by atoms with van der Waals surface area (Å²) in [7, 11) is 0. The lowest BCUT2D eigenvalue weighted by atomic mass is 10.1. The Hall–Kier alpha value is -2.08. The van der Waals surface area contributed by atoms with E-state index in [1.165, 1.54) is 0 Å². The summed E-state index contributed by atoms with van der Waals surface area (Å²) >= 11 is 0. The van der Waals surface area contributed by atoms with Gasteiger partial charge in [-0.1, -0.05) is 0 Å². The first-order chi connectivity index (χ1) is 9.79. The van der Waals surface area contributed by atoms with Crippen LogP contribution in [-0.2, 0) is 6.54 Å². The number of amides is 1. The van der Waals surface area contributed by atoms with Crippen molar-refractivity contribution >= 4 is 5.91 Å². The Kier molecular flexibility index (Phi) is 3.56. The summed E-state index contributed by atoms with van der Waals surface area (Å²) in [6, 6.07) is 4.13. The summed E-state index contributed by atoms with van der Waals surface area (Å²) in [4.78, 5) is 21.9. The van der Waals surface area contributed by atoms with Gasteiger partial charge in [-0.2, -0.15) is 0 Å². The van der Waals surface area contributed by atoms with Gasteiger partial charge < -0.3 is 20.2 Å². The molecular weight excluding hydrogens is 254 g/mol. The van der Waals surface area contributed by atoms with Gasteiger partial charge in [0.15, 0.2) is 0 Å². The minimum Gasteiger partial charge on any atom is -0.363 e. The van der Waals surface area contributed by atoms with E-state index in [1.54, 1.807) is 12.5 Å². The number of nitrogens with zero attached hydrogens (tertiary/aromatic N) is 3. The molecule has 2 aromatic rings. The summed E-state index contributed by atoms with van der Waals surface area (Å²) in [5.41, 5.74) is 7.10. The number of imidazole rings is 1. The first-order valence-corrected chi connectivity index (χ1v) is 6.95. The second-order valence-electron chi connectivity index (χ2n) is 5.07. The fourth-order valence-electron chi connectivity index (χ4n) is 2.77. The monoisotopic (exact) mass is 273 g/mol. The number of aromatic amines is 1. The first-order valence-electron chi connectivity index (χ1n) is 6.95. The minimum absolute atomic E-state index is 0.00197. The van der Waals surface area contributed by atoms with Crippen molar-refractivity contribution in [2.24, 2.45) is 5.73 Å². The molecule has 1 fully saturated rings. The van der Waals surface area contributed by atoms with Crippen LogP contribution < -0.4 is 5.73 Å². The van der Waals surface area contributed by atoms with Crippen LogP contribution in [-0.4, -0.2) is 38.4 Å². The number of likely N-dealkylation sites (tertiary alicyclic amines) is 1. The maximum absolute atomic E-state index is 12.6. The molecule has 0 aliphatic carbocycles. The third kappa shape index (κ3) is 2.34. The molecule has 2 aromatic heterocycles. The Bertz CT molecular complexity index is 574. The molecule has 6 nitrogen and oxygen atoms in total. The van der Waals surface area contributed by atoms with E-state index in [2.05, 4.69) is 9.97 Å². The predicted octanol–water partition coefficient (Wildman–Crippen LogP) is 1.15. The lowest BCUT2D eigenvalue weighted by molar-refractivity contribution is 0.0727. The number of rotatable bonds is 4. The molecule has 1 aliphatic rings. The molecule has 0 radical (unpaired) electrons. The van der Waals surface area contributed by atoms with Crippen molar-refractivity contribution in [2.75, 3.05) is 13.1 Å². The fraction of sp³-hybridized carbons (Fsp3) is 0.429. The Balaban J connectivity index is 1.78. The maximum Gasteiger partial charge on any atom is 0.274 e. The Morgan fingerprint density at radius 1 is 1.55 bits per heavy atom. The molecule has 1 saturated heterocycles. The van der Waals surface area contributed by atoms with Crippen molar-refractivity contribution < 1.29 is 4.79 Å². The van der Waals surface area contributed by atoms with Crippen molar-refractivity contribution in [1.29, 1.82) is 0 Å². The molecule has 1 unspecified atom stereocenters. The summed E-state index contributed by atoms with van der Waals surface area (Å²) < 4.78 is 1.85. The van der Waals surface area contributed by atoms with Crippen molar-refractivity contribution in [3.63, 3.8) is 0 Å². The van der Waals surface area contributed by atoms with E-state index in [0.29, 0.717) is 18.8 Å². The standard InChI is InChI=1S/C14H19N5O/c15-5-8-18-9-12(17-10-18)14(20)19-7-2-4-13(19)11-3-1-6-16-11/h1,3,6,9-10,13,16H,2,4-5,7-8,15H2. The number of carbonyl (C=O) groups excluding carboxylic acids is 1. The van der Waals surface area contributed by atoms with E-state index in [9.17, 15) is 4.79 Å². The highest BCUT2D eigenvalue weighted by Gasteiger charge is 2.32. The minimum atomic E-state index is -0.00197. The Morgan fingerprint density at radius 3 is 3.20 bits per heavy atom. The van der Waals surface area contributed by atoms with Gasteiger partial charge in [0.25, 0.3) is 5.91 Å². The average molecular weight is 273 g/mol. The van der Waals surface area contributed by atoms with Crippen molar-refractivity contribution in [3.05, 3.63) is 42.2 Å². The highest BCUT2D eigenvalue weighted by Crippen LogP contribution is 2.31. The van der Waals surface area contributed by atoms with Crippen LogP contribution in [0.25, 0.3) is 0 Å². The van der Waals surface area contributed by atoms with E-state index in [4.69, 9.17) is 5.73 Å². The normalized spacial score (nSPS) is 18.6. The van der Waals surface area contributed by atoms with Crippen LogP contribution >= 0.6 is 0 Å². The summed E-state index contributed by atoms with van der Waals surface area (Å²) in [6.07, 6.45) is 7.36. The quantitative estimate of drug-likeness (QED) is 0.877. The van der Waals surface area contributed by atoms with Crippen LogP contribution in [0.1, 0.15) is 35.1 Å². The van der Waals surface area contributed by atoms with E-state index in [-0.39, 0.29) is 11.9 Å². The molecule has 1 atom stereocenters. The van der Waals surface area contributed by atoms with Gasteiger partial charge in [-0.25, -0.2) is 4.98 Å². The molecule has 1 amide bonds. The van der Waals surface area contributed by atoms with Crippen molar-refractivity contribution in [2.45, 2.75) is 25.4 Å². The van der Waals surface area contributed by atoms with E-state index < -0.39 is 0 Å². The Morgan fingerprint density at radius 2 is 2.45 bits per heavy atom. The molecule has 0 spiro atoms. The lowest BCUT2D eigenvalue weighted by Crippen LogP contribution is -2.31. The zero-order chi connectivity index (χ0) is 13.9. The highest BCUT2D eigenvalue weighted by atomic mass is 16.2. The topological polar surface area (TPSA) is 79.9 Å². The lowest BCUT2D eigenvalue weighted by Gasteiger charge is -2.23. The zero-order valence-corrected chi connectivity index (χ0v) is 11.3. The van der Waals surface area contributed by atoms with E-state index in [1.807, 2.05) is 27.8 Å². The van der Waals surface area contributed by atoms with Gasteiger partial charge in [-0.15, -0.1) is 0 Å². The van der Waals surface area contributed by atoms with Gasteiger partial charge >= 0.3 is 0 Å². The average Bonchev–Trinajstić information content (AvgIpc) is 3.19. The van der Waals surface area contributed by atoms with E-state index >= 15 is 0 Å². The largest absolute Gasteiger partial charge is 0.363 e. The smallest absolute Gasteiger partial charge is 0.274 e. The van der Waals surface area contributed by atoms with Gasteiger partial charge in [-0.3, -0.25) is 4.79 Å². The van der Waals surface area contributed by atoms with Crippen LogP contribution in [0.4, 0.5) is 0 Å². The molecular formula is C14H19N5O. The summed E-state index contributed by atoms with van der Waals surface area (Å²) in [5, 5.41) is 0. The number of nitrogens with one attached hydrogen (secondary N) is 1. The van der Waals surface area contributed by atoms with Crippen LogP contribution in [0.2, 0.25) is 0 Å². The molecule has 6 heteroatoms. The molecule has 0 bridgehead atoms. The number of H-pyrrole nitrogens is 1. The molecule has 106 valence electrons. The highest BCUT2D eigenvalue weighted by molar-refractivity contribution is 5.92. The predicted molar refractivity (Wildman–Crippen MR) is 75.1 cm³/mol. The number of nitrogens with two attached hydrogens (primary N) is 1. The fourth-order valence-corrected chi connectivity index (χ4v) is 2.77. The zero-order valence-electron chi connectivity index (χ0n) is 11.3. The SMILES string of the molecule is NCCn1cnc(C(=O)N2CCCC2c2ccc[nH]2)c1. The van der Waals surface area contributed by atoms with Crippen molar-refractivity contribution in [3.8, 4) is 0 Å². The molecule has 0 saturated carbocycles. The number of aromatic nitrogens is 3. The van der Waals surface area contributed by atoms with E-state index in [0.717, 1.165) is 25.1 Å². The van der Waals surface area contributed by atoms with Gasteiger partial charge in [-0.05, 0) is 25.0 Å². The number of hydrogen-bond donors (Lipinski definition) is 2. The Labute approximate surface area is 117 Å². The maximum atomic E-state index is 12.6. The number of hydrogen-bond acceptors (Lipinski definition) is 3. The molecule has 3 heterocycles. The van der Waals surface area contributed by atoms with Crippen LogP contribution in [0.15, 0.2) is 30.9 Å².